The average Bonchev–Trinajstić information content (AvgIpc) is 3.56. The van der Waals surface area contributed by atoms with E-state index >= 15 is 0 Å². The van der Waals surface area contributed by atoms with Crippen molar-refractivity contribution in [2.45, 2.75) is 43.9 Å². The van der Waals surface area contributed by atoms with E-state index < -0.39 is 0 Å². The van der Waals surface area contributed by atoms with Gasteiger partial charge in [0.15, 0.2) is 0 Å². The van der Waals surface area contributed by atoms with Crippen molar-refractivity contribution in [2.75, 3.05) is 14.2 Å². The molecule has 33 heavy (non-hydrogen) atoms. The standard InChI is InChI=1S/C26H25O2.2C2H4.Rh/c1-27-22-8-6-16-10-12-26-13-11-17-7-9-23(28-2)21(25(17)26)15-19-5-3-4-18(19)14-20(22)24(16)26;2*1-2;/h3-9H,10-15H2,1-2H3;2*1-2H2;. The second kappa shape index (κ2) is 10.6. The monoisotopic (exact) mass is 528 g/mol. The number of methoxy groups -OCH3 is 2. The van der Waals surface area contributed by atoms with E-state index in [4.69, 9.17) is 9.47 Å². The zero-order valence-corrected chi connectivity index (χ0v) is 21.4. The van der Waals surface area contributed by atoms with Crippen molar-refractivity contribution < 1.29 is 29.0 Å². The molecule has 4 aliphatic rings. The topological polar surface area (TPSA) is 18.5 Å². The summed E-state index contributed by atoms with van der Waals surface area (Å²) in [5.41, 5.74) is 9.12. The Labute approximate surface area is 213 Å². The van der Waals surface area contributed by atoms with Crippen LogP contribution in [-0.4, -0.2) is 14.2 Å². The molecule has 0 heterocycles. The Bertz CT molecular complexity index is 916. The second-order valence-corrected chi connectivity index (χ2v) is 8.57. The molecule has 0 aliphatic heterocycles. The molecule has 0 aromatic heterocycles. The van der Waals surface area contributed by atoms with Gasteiger partial charge in [-0.05, 0) is 115 Å². The van der Waals surface area contributed by atoms with Crippen LogP contribution in [0, 0.1) is 31.1 Å². The smallest absolute Gasteiger partial charge is 0.122 e. The molecule has 0 saturated heterocycles. The molecule has 3 heteroatoms. The summed E-state index contributed by atoms with van der Waals surface area (Å²) >= 11 is 0. The van der Waals surface area contributed by atoms with Crippen molar-refractivity contribution in [2.24, 2.45) is 0 Å². The Morgan fingerprint density at radius 2 is 1.12 bits per heavy atom. The molecule has 0 atom stereocenters. The van der Waals surface area contributed by atoms with Gasteiger partial charge in [0.2, 0.25) is 0 Å². The third kappa shape index (κ3) is 3.91. The van der Waals surface area contributed by atoms with Crippen molar-refractivity contribution in [3.63, 3.8) is 0 Å². The third-order valence-corrected chi connectivity index (χ3v) is 7.49. The molecule has 0 bridgehead atoms. The molecule has 1 spiro atoms. The minimum absolute atomic E-state index is 0. The molecule has 174 valence electrons. The van der Waals surface area contributed by atoms with Crippen LogP contribution in [0.3, 0.4) is 0 Å². The van der Waals surface area contributed by atoms with Gasteiger partial charge in [0.25, 0.3) is 0 Å². The zero-order valence-electron chi connectivity index (χ0n) is 19.8. The first kappa shape index (κ1) is 25.8. The Balaban J connectivity index is 0.000000583. The predicted molar refractivity (Wildman–Crippen MR) is 133 cm³/mol. The first-order valence-corrected chi connectivity index (χ1v) is 11.4. The summed E-state index contributed by atoms with van der Waals surface area (Å²) in [5.74, 6) is 4.95. The van der Waals surface area contributed by atoms with Crippen LogP contribution >= 0.6 is 0 Å². The molecule has 0 unspecified atom stereocenters. The maximum Gasteiger partial charge on any atom is 0.122 e. The van der Waals surface area contributed by atoms with Gasteiger partial charge in [-0.2, -0.15) is 0 Å². The summed E-state index contributed by atoms with van der Waals surface area (Å²) in [6.07, 6.45) is 13.4. The van der Waals surface area contributed by atoms with Crippen LogP contribution in [0.1, 0.15) is 46.2 Å². The Morgan fingerprint density at radius 1 is 0.697 bits per heavy atom. The molecule has 2 aromatic rings. The van der Waals surface area contributed by atoms with E-state index in [-0.39, 0.29) is 24.9 Å². The third-order valence-electron chi connectivity index (χ3n) is 7.49. The van der Waals surface area contributed by atoms with Crippen LogP contribution in [-0.2, 0) is 50.6 Å². The van der Waals surface area contributed by atoms with E-state index in [0.29, 0.717) is 0 Å². The average molecular weight is 528 g/mol. The van der Waals surface area contributed by atoms with Gasteiger partial charge in [-0.3, -0.25) is 0 Å². The molecule has 1 saturated carbocycles. The summed E-state index contributed by atoms with van der Waals surface area (Å²) in [6.45, 7) is 12.0. The second-order valence-electron chi connectivity index (χ2n) is 8.57. The number of hydrogen-bond acceptors (Lipinski definition) is 2. The van der Waals surface area contributed by atoms with E-state index in [2.05, 4.69) is 69.8 Å². The van der Waals surface area contributed by atoms with Crippen LogP contribution < -0.4 is 9.47 Å². The number of ether oxygens (including phenoxy) is 2. The fourth-order valence-corrected chi connectivity index (χ4v) is 6.36. The molecule has 0 N–H and O–H groups in total. The summed E-state index contributed by atoms with van der Waals surface area (Å²) in [7, 11) is 3.63. The maximum absolute atomic E-state index is 5.89. The maximum atomic E-state index is 5.89. The molecule has 1 fully saturated rings. The Hall–Kier alpha value is -1.86. The van der Waals surface area contributed by atoms with Crippen LogP contribution in [0.25, 0.3) is 0 Å². The van der Waals surface area contributed by atoms with Gasteiger partial charge in [0.05, 0.1) is 14.2 Å². The van der Waals surface area contributed by atoms with Gasteiger partial charge in [0.1, 0.15) is 11.5 Å². The van der Waals surface area contributed by atoms with Crippen molar-refractivity contribution in [3.05, 3.63) is 115 Å². The van der Waals surface area contributed by atoms with E-state index in [9.17, 15) is 0 Å². The fraction of sp³-hybridized carbons (Fsp3) is 0.300. The van der Waals surface area contributed by atoms with Gasteiger partial charge in [-0.15, -0.1) is 26.3 Å². The Morgan fingerprint density at radius 3 is 1.52 bits per heavy atom. The van der Waals surface area contributed by atoms with Crippen LogP contribution in [0.2, 0.25) is 0 Å². The molecule has 4 aliphatic carbocycles. The Kier molecular flexibility index (Phi) is 8.28. The molecule has 2 aromatic carbocycles. The van der Waals surface area contributed by atoms with Gasteiger partial charge < -0.3 is 9.47 Å². The molecule has 6 rings (SSSR count). The van der Waals surface area contributed by atoms with Gasteiger partial charge >= 0.3 is 0 Å². The van der Waals surface area contributed by atoms with E-state index in [1.54, 1.807) is 11.1 Å². The normalized spacial score (nSPS) is 19.0. The number of fused-ring (bicyclic) bond motifs is 1. The first-order chi connectivity index (χ1) is 15.7. The number of benzene rings is 2. The van der Waals surface area contributed by atoms with Crippen molar-refractivity contribution in [1.29, 1.82) is 0 Å². The molecule has 2 nitrogen and oxygen atoms in total. The van der Waals surface area contributed by atoms with Crippen molar-refractivity contribution in [1.82, 2.24) is 0 Å². The number of hydrogen-bond donors (Lipinski definition) is 0. The van der Waals surface area contributed by atoms with E-state index in [1.807, 2.05) is 14.2 Å². The molecular formula is C30H33O2Rh. The van der Waals surface area contributed by atoms with Crippen LogP contribution in [0.15, 0.2) is 50.6 Å². The van der Waals surface area contributed by atoms with E-state index in [0.717, 1.165) is 37.2 Å². The van der Waals surface area contributed by atoms with Gasteiger partial charge in [0, 0.05) is 24.9 Å². The van der Waals surface area contributed by atoms with Crippen molar-refractivity contribution >= 4 is 0 Å². The largest absolute Gasteiger partial charge is 0.496 e. The minimum atomic E-state index is 0. The van der Waals surface area contributed by atoms with Crippen LogP contribution in [0.4, 0.5) is 0 Å². The first-order valence-electron chi connectivity index (χ1n) is 11.4. The van der Waals surface area contributed by atoms with Crippen molar-refractivity contribution in [3.8, 4) is 11.5 Å². The van der Waals surface area contributed by atoms with Crippen LogP contribution in [0.5, 0.6) is 11.5 Å². The minimum Gasteiger partial charge on any atom is -0.496 e. The predicted octanol–water partition coefficient (Wildman–Crippen LogP) is 6.36. The molecule has 0 amide bonds. The molecule has 6 radical (unpaired) electrons. The fourth-order valence-electron chi connectivity index (χ4n) is 6.36. The quantitative estimate of drug-likeness (QED) is 0.334. The van der Waals surface area contributed by atoms with E-state index in [1.165, 1.54) is 46.9 Å². The summed E-state index contributed by atoms with van der Waals surface area (Å²) in [5, 5.41) is 0. The molecular weight excluding hydrogens is 495 g/mol. The SMILES string of the molecule is C=C.C=C.COc1ccc2c3c1C[C]1[CH][CH][CH][C]1Cc1c(OC)ccc4c1C3(CC2)CC4.[Rh]. The number of rotatable bonds is 2. The summed E-state index contributed by atoms with van der Waals surface area (Å²) < 4.78 is 11.8. The summed E-state index contributed by atoms with van der Waals surface area (Å²) in [6, 6.07) is 9.01. The zero-order chi connectivity index (χ0) is 22.9. The number of aryl methyl sites for hydroxylation is 2. The van der Waals surface area contributed by atoms with Gasteiger partial charge in [-0.25, -0.2) is 0 Å². The summed E-state index contributed by atoms with van der Waals surface area (Å²) in [4.78, 5) is 0. The van der Waals surface area contributed by atoms with Gasteiger partial charge in [-0.1, -0.05) is 12.1 Å².